The molecule has 2 amide bonds. The SMILES string of the molecule is C=CCCCCNC(=O)[C@H](N)CCCCNC(=O)c1ccc(CN)cc1. The average molecular weight is 361 g/mol. The minimum Gasteiger partial charge on any atom is -0.355 e. The Bertz CT molecular complexity index is 557. The maximum Gasteiger partial charge on any atom is 0.251 e. The Labute approximate surface area is 156 Å². The molecule has 1 atom stereocenters. The number of amides is 2. The summed E-state index contributed by atoms with van der Waals surface area (Å²) in [6, 6.07) is 6.75. The monoisotopic (exact) mass is 360 g/mol. The lowest BCUT2D eigenvalue weighted by Gasteiger charge is -2.12. The van der Waals surface area contributed by atoms with Crippen LogP contribution >= 0.6 is 0 Å². The fraction of sp³-hybridized carbons (Fsp3) is 0.500. The Hall–Kier alpha value is -2.18. The molecular weight excluding hydrogens is 328 g/mol. The number of allylic oxidation sites excluding steroid dienone is 1. The van der Waals surface area contributed by atoms with Gasteiger partial charge in [0, 0.05) is 25.2 Å². The maximum atomic E-state index is 12.0. The molecule has 0 bridgehead atoms. The highest BCUT2D eigenvalue weighted by Gasteiger charge is 2.12. The molecule has 6 N–H and O–H groups in total. The summed E-state index contributed by atoms with van der Waals surface area (Å²) in [7, 11) is 0. The molecule has 1 rings (SSSR count). The van der Waals surface area contributed by atoms with Crippen LogP contribution in [0.3, 0.4) is 0 Å². The van der Waals surface area contributed by atoms with Gasteiger partial charge in [0.1, 0.15) is 0 Å². The third-order valence-corrected chi connectivity index (χ3v) is 4.15. The van der Waals surface area contributed by atoms with Crippen LogP contribution in [0.25, 0.3) is 0 Å². The first kappa shape index (κ1) is 21.9. The number of hydrogen-bond donors (Lipinski definition) is 4. The molecule has 0 heterocycles. The fourth-order valence-corrected chi connectivity index (χ4v) is 2.47. The number of hydrogen-bond acceptors (Lipinski definition) is 4. The van der Waals surface area contributed by atoms with E-state index in [1.165, 1.54) is 0 Å². The van der Waals surface area contributed by atoms with Gasteiger partial charge in [0.05, 0.1) is 6.04 Å². The molecule has 6 heteroatoms. The highest BCUT2D eigenvalue weighted by atomic mass is 16.2. The molecule has 0 saturated carbocycles. The Morgan fingerprint density at radius 2 is 1.69 bits per heavy atom. The van der Waals surface area contributed by atoms with E-state index in [2.05, 4.69) is 17.2 Å². The number of unbranched alkanes of at least 4 members (excludes halogenated alkanes) is 3. The standard InChI is InChI=1S/C20H32N4O2/c1-2-3-4-6-13-24-20(26)18(22)8-5-7-14-23-19(25)17-11-9-16(15-21)10-12-17/h2,9-12,18H,1,3-8,13-15,21-22H2,(H,23,25)(H,24,26)/t18-/m1/s1. The summed E-state index contributed by atoms with van der Waals surface area (Å²) in [5.41, 5.74) is 13.0. The third kappa shape index (κ3) is 8.78. The summed E-state index contributed by atoms with van der Waals surface area (Å²) >= 11 is 0. The molecule has 0 aliphatic heterocycles. The van der Waals surface area contributed by atoms with E-state index >= 15 is 0 Å². The Morgan fingerprint density at radius 3 is 2.35 bits per heavy atom. The first-order valence-corrected chi connectivity index (χ1v) is 9.30. The second kappa shape index (κ2) is 13.1. The normalized spacial score (nSPS) is 11.6. The molecule has 0 aliphatic rings. The largest absolute Gasteiger partial charge is 0.355 e. The van der Waals surface area contributed by atoms with Gasteiger partial charge in [-0.15, -0.1) is 6.58 Å². The number of benzene rings is 1. The van der Waals surface area contributed by atoms with Gasteiger partial charge in [0.2, 0.25) is 5.91 Å². The molecular formula is C20H32N4O2. The smallest absolute Gasteiger partial charge is 0.251 e. The lowest BCUT2D eigenvalue weighted by molar-refractivity contribution is -0.122. The molecule has 0 saturated heterocycles. The Balaban J connectivity index is 2.12. The van der Waals surface area contributed by atoms with Crippen LogP contribution in [0.5, 0.6) is 0 Å². The van der Waals surface area contributed by atoms with Crippen LogP contribution in [-0.2, 0) is 11.3 Å². The van der Waals surface area contributed by atoms with Crippen molar-refractivity contribution in [3.8, 4) is 0 Å². The van der Waals surface area contributed by atoms with Gasteiger partial charge in [0.15, 0.2) is 0 Å². The van der Waals surface area contributed by atoms with E-state index < -0.39 is 6.04 Å². The lowest BCUT2D eigenvalue weighted by atomic mass is 10.1. The third-order valence-electron chi connectivity index (χ3n) is 4.15. The van der Waals surface area contributed by atoms with Crippen molar-refractivity contribution in [1.29, 1.82) is 0 Å². The predicted molar refractivity (Wildman–Crippen MR) is 106 cm³/mol. The quantitative estimate of drug-likeness (QED) is 0.318. The van der Waals surface area contributed by atoms with E-state index in [9.17, 15) is 9.59 Å². The maximum absolute atomic E-state index is 12.0. The number of nitrogens with two attached hydrogens (primary N) is 2. The summed E-state index contributed by atoms with van der Waals surface area (Å²) in [6.45, 7) is 5.35. The lowest BCUT2D eigenvalue weighted by Crippen LogP contribution is -2.41. The Kier molecular flexibility index (Phi) is 11.0. The fourth-order valence-electron chi connectivity index (χ4n) is 2.47. The van der Waals surface area contributed by atoms with Crippen molar-refractivity contribution in [1.82, 2.24) is 10.6 Å². The summed E-state index contributed by atoms with van der Waals surface area (Å²) < 4.78 is 0. The van der Waals surface area contributed by atoms with Crippen molar-refractivity contribution in [2.75, 3.05) is 13.1 Å². The van der Waals surface area contributed by atoms with Crippen molar-refractivity contribution < 1.29 is 9.59 Å². The van der Waals surface area contributed by atoms with Gasteiger partial charge < -0.3 is 22.1 Å². The first-order chi connectivity index (χ1) is 12.6. The van der Waals surface area contributed by atoms with E-state index in [4.69, 9.17) is 11.5 Å². The number of rotatable bonds is 13. The van der Waals surface area contributed by atoms with Crippen molar-refractivity contribution in [3.63, 3.8) is 0 Å². The van der Waals surface area contributed by atoms with E-state index in [0.29, 0.717) is 31.6 Å². The van der Waals surface area contributed by atoms with Crippen LogP contribution in [0.2, 0.25) is 0 Å². The molecule has 0 spiro atoms. The number of carbonyl (C=O) groups is 2. The zero-order valence-corrected chi connectivity index (χ0v) is 15.5. The van der Waals surface area contributed by atoms with Crippen LogP contribution in [0.1, 0.15) is 54.4 Å². The van der Waals surface area contributed by atoms with E-state index in [0.717, 1.165) is 37.7 Å². The van der Waals surface area contributed by atoms with Crippen LogP contribution in [-0.4, -0.2) is 30.9 Å². The van der Waals surface area contributed by atoms with Crippen molar-refractivity contribution in [2.45, 2.75) is 51.1 Å². The average Bonchev–Trinajstić information content (AvgIpc) is 2.67. The van der Waals surface area contributed by atoms with Crippen LogP contribution < -0.4 is 22.1 Å². The summed E-state index contributed by atoms with van der Waals surface area (Å²) in [4.78, 5) is 23.9. The van der Waals surface area contributed by atoms with Gasteiger partial charge >= 0.3 is 0 Å². The zero-order chi connectivity index (χ0) is 19.2. The van der Waals surface area contributed by atoms with Gasteiger partial charge in [-0.3, -0.25) is 9.59 Å². The molecule has 0 radical (unpaired) electrons. The van der Waals surface area contributed by atoms with Crippen molar-refractivity contribution in [3.05, 3.63) is 48.0 Å². The second-order valence-corrected chi connectivity index (χ2v) is 6.33. The minimum absolute atomic E-state index is 0.102. The molecule has 0 aliphatic carbocycles. The van der Waals surface area contributed by atoms with E-state index in [1.54, 1.807) is 12.1 Å². The second-order valence-electron chi connectivity index (χ2n) is 6.33. The highest BCUT2D eigenvalue weighted by molar-refractivity contribution is 5.94. The molecule has 6 nitrogen and oxygen atoms in total. The van der Waals surface area contributed by atoms with Gasteiger partial charge in [-0.1, -0.05) is 18.2 Å². The van der Waals surface area contributed by atoms with Crippen LogP contribution in [0, 0.1) is 0 Å². The van der Waals surface area contributed by atoms with Crippen LogP contribution in [0.4, 0.5) is 0 Å². The van der Waals surface area contributed by atoms with Crippen molar-refractivity contribution >= 4 is 11.8 Å². The summed E-state index contributed by atoms with van der Waals surface area (Å²) in [5, 5.41) is 5.73. The molecule has 1 aromatic rings. The highest BCUT2D eigenvalue weighted by Crippen LogP contribution is 2.04. The molecule has 1 aromatic carbocycles. The zero-order valence-electron chi connectivity index (χ0n) is 15.5. The molecule has 144 valence electrons. The van der Waals surface area contributed by atoms with E-state index in [-0.39, 0.29) is 11.8 Å². The Morgan fingerprint density at radius 1 is 1.04 bits per heavy atom. The summed E-state index contributed by atoms with van der Waals surface area (Å²) in [5.74, 6) is -0.206. The number of nitrogens with one attached hydrogen (secondary N) is 2. The van der Waals surface area contributed by atoms with E-state index in [1.807, 2.05) is 18.2 Å². The topological polar surface area (TPSA) is 110 Å². The molecule has 0 fully saturated rings. The van der Waals surface area contributed by atoms with Gasteiger partial charge in [0.25, 0.3) is 5.91 Å². The van der Waals surface area contributed by atoms with Gasteiger partial charge in [-0.05, 0) is 56.2 Å². The molecule has 0 aromatic heterocycles. The minimum atomic E-state index is -0.492. The summed E-state index contributed by atoms with van der Waals surface area (Å²) in [6.07, 6.45) is 6.98. The van der Waals surface area contributed by atoms with Gasteiger partial charge in [-0.2, -0.15) is 0 Å². The number of carbonyl (C=O) groups excluding carboxylic acids is 2. The molecule has 0 unspecified atom stereocenters. The predicted octanol–water partition coefficient (Wildman–Crippen LogP) is 1.85. The van der Waals surface area contributed by atoms with Crippen LogP contribution in [0.15, 0.2) is 36.9 Å². The van der Waals surface area contributed by atoms with Crippen molar-refractivity contribution in [2.24, 2.45) is 11.5 Å². The first-order valence-electron chi connectivity index (χ1n) is 9.30. The van der Waals surface area contributed by atoms with Gasteiger partial charge in [-0.25, -0.2) is 0 Å². The molecule has 26 heavy (non-hydrogen) atoms.